The Morgan fingerprint density at radius 2 is 1.87 bits per heavy atom. The van der Waals surface area contributed by atoms with Gasteiger partial charge in [0.15, 0.2) is 5.16 Å². The van der Waals surface area contributed by atoms with Gasteiger partial charge in [-0.2, -0.15) is 0 Å². The molecule has 0 radical (unpaired) electrons. The number of carbonyl (C=O) groups excluding carboxylic acids is 1. The lowest BCUT2D eigenvalue weighted by Crippen LogP contribution is -2.42. The Kier molecular flexibility index (Phi) is 5.89. The lowest BCUT2D eigenvalue weighted by molar-refractivity contribution is -0.132. The Balaban J connectivity index is 1.85. The third kappa shape index (κ3) is 3.74. The van der Waals surface area contributed by atoms with Crippen molar-refractivity contribution in [2.24, 2.45) is 0 Å². The predicted molar refractivity (Wildman–Crippen MR) is 122 cm³/mol. The normalized spacial score (nSPS) is 16.0. The summed E-state index contributed by atoms with van der Waals surface area (Å²) in [5, 5.41) is 1.53. The van der Waals surface area contributed by atoms with Gasteiger partial charge in [0.2, 0.25) is 5.91 Å². The van der Waals surface area contributed by atoms with E-state index in [0.29, 0.717) is 27.6 Å². The van der Waals surface area contributed by atoms with Crippen LogP contribution in [0.2, 0.25) is 5.02 Å². The van der Waals surface area contributed by atoms with E-state index < -0.39 is 4.75 Å². The van der Waals surface area contributed by atoms with Gasteiger partial charge in [0.05, 0.1) is 10.9 Å². The maximum Gasteiger partial charge on any atom is 0.262 e. The van der Waals surface area contributed by atoms with Crippen LogP contribution in [0, 0.1) is 0 Å². The number of thioether (sulfide) groups is 1. The number of rotatable bonds is 5. The number of hydrogen-bond acceptors (Lipinski definition) is 4. The van der Waals surface area contributed by atoms with Crippen LogP contribution in [-0.2, 0) is 16.1 Å². The van der Waals surface area contributed by atoms with Crippen LogP contribution >= 0.6 is 23.4 Å². The van der Waals surface area contributed by atoms with Gasteiger partial charge in [0.25, 0.3) is 5.56 Å². The third-order valence-electron chi connectivity index (χ3n) is 5.62. The summed E-state index contributed by atoms with van der Waals surface area (Å²) in [6, 6.07) is 14.9. The largest absolute Gasteiger partial charge is 0.341 e. The number of fused-ring (bicyclic) bond motifs is 1. The van der Waals surface area contributed by atoms with Gasteiger partial charge in [0, 0.05) is 24.7 Å². The number of aromatic nitrogens is 2. The van der Waals surface area contributed by atoms with Crippen molar-refractivity contribution in [2.75, 3.05) is 13.1 Å². The summed E-state index contributed by atoms with van der Waals surface area (Å²) in [6.07, 6.45) is 2.05. The number of benzene rings is 2. The fourth-order valence-electron chi connectivity index (χ4n) is 3.92. The lowest BCUT2D eigenvalue weighted by Gasteiger charge is -2.32. The molecule has 1 amide bonds. The second-order valence-electron chi connectivity index (χ2n) is 7.61. The Morgan fingerprint density at radius 1 is 1.17 bits per heavy atom. The molecule has 30 heavy (non-hydrogen) atoms. The van der Waals surface area contributed by atoms with Crippen LogP contribution in [-0.4, -0.2) is 33.4 Å². The van der Waals surface area contributed by atoms with Crippen LogP contribution in [0.25, 0.3) is 10.9 Å². The summed E-state index contributed by atoms with van der Waals surface area (Å²) >= 11 is 7.45. The summed E-state index contributed by atoms with van der Waals surface area (Å²) in [6.45, 7) is 5.84. The van der Waals surface area contributed by atoms with E-state index in [1.54, 1.807) is 22.8 Å². The van der Waals surface area contributed by atoms with E-state index >= 15 is 0 Å². The molecule has 0 aliphatic carbocycles. The van der Waals surface area contributed by atoms with Crippen molar-refractivity contribution in [3.05, 3.63) is 69.5 Å². The van der Waals surface area contributed by atoms with Gasteiger partial charge in [-0.05, 0) is 50.5 Å². The first-order valence-electron chi connectivity index (χ1n) is 10.2. The molecule has 4 rings (SSSR count). The molecular formula is C23H24ClN3O2S. The van der Waals surface area contributed by atoms with Crippen molar-refractivity contribution in [1.82, 2.24) is 14.5 Å². The number of carbonyl (C=O) groups is 1. The smallest absolute Gasteiger partial charge is 0.262 e. The summed E-state index contributed by atoms with van der Waals surface area (Å²) in [5.41, 5.74) is 1.34. The fourth-order valence-corrected chi connectivity index (χ4v) is 5.39. The zero-order chi connectivity index (χ0) is 21.3. The highest BCUT2D eigenvalue weighted by atomic mass is 35.5. The predicted octanol–water partition coefficient (Wildman–Crippen LogP) is 4.70. The topological polar surface area (TPSA) is 55.2 Å². The molecule has 1 aliphatic heterocycles. The average Bonchev–Trinajstić information content (AvgIpc) is 3.29. The molecule has 2 aromatic carbocycles. The maximum atomic E-state index is 13.6. The highest BCUT2D eigenvalue weighted by Crippen LogP contribution is 2.42. The highest BCUT2D eigenvalue weighted by molar-refractivity contribution is 8.00. The fraction of sp³-hybridized carbons (Fsp3) is 0.348. The van der Waals surface area contributed by atoms with Crippen molar-refractivity contribution in [1.29, 1.82) is 0 Å². The zero-order valence-corrected chi connectivity index (χ0v) is 18.7. The van der Waals surface area contributed by atoms with E-state index in [9.17, 15) is 9.59 Å². The first-order chi connectivity index (χ1) is 14.4. The van der Waals surface area contributed by atoms with Gasteiger partial charge in [0.1, 0.15) is 4.75 Å². The molecule has 1 unspecified atom stereocenters. The minimum Gasteiger partial charge on any atom is -0.341 e. The van der Waals surface area contributed by atoms with Gasteiger partial charge in [-0.3, -0.25) is 14.2 Å². The molecule has 3 aromatic rings. The van der Waals surface area contributed by atoms with Crippen molar-refractivity contribution < 1.29 is 4.79 Å². The minimum atomic E-state index is -0.887. The molecular weight excluding hydrogens is 418 g/mol. The molecule has 1 aromatic heterocycles. The van der Waals surface area contributed by atoms with Gasteiger partial charge in [-0.15, -0.1) is 0 Å². The number of amides is 1. The first-order valence-corrected chi connectivity index (χ1v) is 11.4. The molecule has 1 atom stereocenters. The molecule has 5 nitrogen and oxygen atoms in total. The Labute approximate surface area is 185 Å². The standard InChI is InChI=1S/C23H24ClN3O2S/c1-3-27-20(28)18-15-17(24)11-12-19(18)25-22(27)30-23(2,16-9-5-4-6-10-16)21(29)26-13-7-8-14-26/h4-6,9-12,15H,3,7-8,13-14H2,1-2H3. The number of halogens is 1. The van der Waals surface area contributed by atoms with E-state index in [2.05, 4.69) is 0 Å². The Hall–Kier alpha value is -2.31. The van der Waals surface area contributed by atoms with E-state index in [-0.39, 0.29) is 11.5 Å². The Bertz CT molecular complexity index is 1140. The van der Waals surface area contributed by atoms with E-state index in [4.69, 9.17) is 16.6 Å². The molecule has 0 saturated carbocycles. The number of nitrogens with zero attached hydrogens (tertiary/aromatic N) is 3. The van der Waals surface area contributed by atoms with E-state index in [1.807, 2.05) is 49.1 Å². The van der Waals surface area contributed by atoms with Crippen molar-refractivity contribution in [2.45, 2.75) is 43.1 Å². The van der Waals surface area contributed by atoms with Gasteiger partial charge >= 0.3 is 0 Å². The average molecular weight is 442 g/mol. The van der Waals surface area contributed by atoms with Crippen molar-refractivity contribution >= 4 is 40.2 Å². The number of likely N-dealkylation sites (tertiary alicyclic amines) is 1. The molecule has 0 bridgehead atoms. The van der Waals surface area contributed by atoms with Crippen molar-refractivity contribution in [3.8, 4) is 0 Å². The van der Waals surface area contributed by atoms with Crippen LogP contribution in [0.15, 0.2) is 58.5 Å². The molecule has 156 valence electrons. The van der Waals surface area contributed by atoms with E-state index in [0.717, 1.165) is 31.5 Å². The minimum absolute atomic E-state index is 0.0595. The van der Waals surface area contributed by atoms with Crippen LogP contribution in [0.4, 0.5) is 0 Å². The Morgan fingerprint density at radius 3 is 2.53 bits per heavy atom. The van der Waals surface area contributed by atoms with Crippen LogP contribution in [0.3, 0.4) is 0 Å². The van der Waals surface area contributed by atoms with Crippen molar-refractivity contribution in [3.63, 3.8) is 0 Å². The monoisotopic (exact) mass is 441 g/mol. The number of hydrogen-bond donors (Lipinski definition) is 0. The van der Waals surface area contributed by atoms with Gasteiger partial charge in [-0.25, -0.2) is 4.98 Å². The molecule has 0 spiro atoms. The molecule has 2 heterocycles. The van der Waals surface area contributed by atoms with Crippen LogP contribution in [0.5, 0.6) is 0 Å². The quantitative estimate of drug-likeness (QED) is 0.425. The van der Waals surface area contributed by atoms with Gasteiger partial charge in [-0.1, -0.05) is 53.7 Å². The molecule has 1 aliphatic rings. The zero-order valence-electron chi connectivity index (χ0n) is 17.1. The summed E-state index contributed by atoms with van der Waals surface area (Å²) in [7, 11) is 0. The van der Waals surface area contributed by atoms with Crippen LogP contribution < -0.4 is 5.56 Å². The third-order valence-corrected chi connectivity index (χ3v) is 7.17. The lowest BCUT2D eigenvalue weighted by atomic mass is 9.98. The van der Waals surface area contributed by atoms with Gasteiger partial charge < -0.3 is 4.90 Å². The first kappa shape index (κ1) is 20.9. The maximum absolute atomic E-state index is 13.6. The second kappa shape index (κ2) is 8.44. The second-order valence-corrected chi connectivity index (χ2v) is 9.43. The van der Waals surface area contributed by atoms with Crippen LogP contribution in [0.1, 0.15) is 32.3 Å². The molecule has 1 saturated heterocycles. The molecule has 0 N–H and O–H groups in total. The summed E-state index contributed by atoms with van der Waals surface area (Å²) < 4.78 is 0.740. The molecule has 7 heteroatoms. The SMILES string of the molecule is CCn1c(SC(C)(C(=O)N2CCCC2)c2ccccc2)nc2ccc(Cl)cc2c1=O. The van der Waals surface area contributed by atoms with E-state index in [1.165, 1.54) is 11.8 Å². The molecule has 1 fully saturated rings. The summed E-state index contributed by atoms with van der Waals surface area (Å²) in [5.74, 6) is 0.0595. The highest BCUT2D eigenvalue weighted by Gasteiger charge is 2.41. The summed E-state index contributed by atoms with van der Waals surface area (Å²) in [4.78, 5) is 33.5.